The van der Waals surface area contributed by atoms with Crippen LogP contribution in [0.2, 0.25) is 5.02 Å². The van der Waals surface area contributed by atoms with Crippen molar-refractivity contribution in [3.8, 4) is 28.6 Å². The van der Waals surface area contributed by atoms with Crippen molar-refractivity contribution in [2.75, 3.05) is 28.4 Å². The molecule has 1 heterocycles. The lowest BCUT2D eigenvalue weighted by atomic mass is 10.1. The third kappa shape index (κ3) is 5.41. The Morgan fingerprint density at radius 1 is 1.00 bits per heavy atom. The van der Waals surface area contributed by atoms with Gasteiger partial charge >= 0.3 is 0 Å². The molecule has 0 spiro atoms. The second-order valence-corrected chi connectivity index (χ2v) is 7.20. The normalized spacial score (nSPS) is 10.9. The first-order valence-electron chi connectivity index (χ1n) is 9.53. The fraction of sp³-hybridized carbons (Fsp3) is 0.208. The van der Waals surface area contributed by atoms with Gasteiger partial charge in [0, 0.05) is 23.7 Å². The topological polar surface area (TPSA) is 61.1 Å². The first-order valence-corrected chi connectivity index (χ1v) is 9.90. The van der Waals surface area contributed by atoms with Gasteiger partial charge in [-0.2, -0.15) is 0 Å². The number of nitrogens with zero attached hydrogens (tertiary/aromatic N) is 1. The highest BCUT2D eigenvalue weighted by Gasteiger charge is 2.13. The fourth-order valence-corrected chi connectivity index (χ4v) is 3.16. The molecule has 0 N–H and O–H groups in total. The number of likely N-dealkylation sites (N-methyl/N-ethyl adjacent to an activating group) is 1. The zero-order valence-electron chi connectivity index (χ0n) is 17.8. The molecule has 3 rings (SSSR count). The highest BCUT2D eigenvalue weighted by atomic mass is 35.5. The van der Waals surface area contributed by atoms with Gasteiger partial charge < -0.3 is 23.5 Å². The number of halogens is 1. The molecule has 7 heteroatoms. The summed E-state index contributed by atoms with van der Waals surface area (Å²) in [5.41, 5.74) is 1.67. The van der Waals surface area contributed by atoms with Crippen molar-refractivity contribution in [1.82, 2.24) is 4.90 Å². The zero-order valence-corrected chi connectivity index (χ0v) is 18.6. The lowest BCUT2D eigenvalue weighted by Gasteiger charge is -2.14. The Balaban J connectivity index is 1.68. The van der Waals surface area contributed by atoms with Gasteiger partial charge in [0.2, 0.25) is 11.7 Å². The molecule has 1 aromatic heterocycles. The van der Waals surface area contributed by atoms with Gasteiger partial charge in [-0.05, 0) is 60.2 Å². The summed E-state index contributed by atoms with van der Waals surface area (Å²) in [5.74, 6) is 2.78. The van der Waals surface area contributed by atoms with E-state index in [4.69, 9.17) is 30.2 Å². The van der Waals surface area contributed by atoms with Crippen molar-refractivity contribution in [2.45, 2.75) is 6.54 Å². The molecule has 0 saturated carbocycles. The van der Waals surface area contributed by atoms with Crippen molar-refractivity contribution in [2.24, 2.45) is 0 Å². The van der Waals surface area contributed by atoms with E-state index in [0.29, 0.717) is 34.6 Å². The monoisotopic (exact) mass is 441 g/mol. The summed E-state index contributed by atoms with van der Waals surface area (Å²) in [7, 11) is 6.35. The van der Waals surface area contributed by atoms with E-state index in [1.165, 1.54) is 6.08 Å². The Morgan fingerprint density at radius 2 is 1.65 bits per heavy atom. The predicted octanol–water partition coefficient (Wildman–Crippen LogP) is 5.30. The number of methoxy groups -OCH3 is 3. The van der Waals surface area contributed by atoms with Gasteiger partial charge in [-0.25, -0.2) is 0 Å². The van der Waals surface area contributed by atoms with Gasteiger partial charge in [-0.1, -0.05) is 11.6 Å². The van der Waals surface area contributed by atoms with Crippen molar-refractivity contribution in [3.63, 3.8) is 0 Å². The average molecular weight is 442 g/mol. The Morgan fingerprint density at radius 3 is 2.23 bits per heavy atom. The first kappa shape index (κ1) is 22.3. The molecule has 31 heavy (non-hydrogen) atoms. The molecule has 0 radical (unpaired) electrons. The number of hydrogen-bond donors (Lipinski definition) is 0. The molecule has 0 bridgehead atoms. The summed E-state index contributed by atoms with van der Waals surface area (Å²) in [5, 5.41) is 0.666. The van der Waals surface area contributed by atoms with Crippen LogP contribution >= 0.6 is 11.6 Å². The van der Waals surface area contributed by atoms with E-state index in [9.17, 15) is 4.79 Å². The van der Waals surface area contributed by atoms with E-state index >= 15 is 0 Å². The van der Waals surface area contributed by atoms with E-state index < -0.39 is 0 Å². The molecule has 0 unspecified atom stereocenters. The predicted molar refractivity (Wildman–Crippen MR) is 121 cm³/mol. The van der Waals surface area contributed by atoms with Crippen LogP contribution in [0.15, 0.2) is 59.0 Å². The van der Waals surface area contributed by atoms with Crippen molar-refractivity contribution in [1.29, 1.82) is 0 Å². The van der Waals surface area contributed by atoms with Gasteiger partial charge in [-0.15, -0.1) is 0 Å². The van der Waals surface area contributed by atoms with Gasteiger partial charge in [0.25, 0.3) is 0 Å². The van der Waals surface area contributed by atoms with Crippen molar-refractivity contribution < 1.29 is 23.4 Å². The molecular weight excluding hydrogens is 418 g/mol. The number of furan rings is 1. The quantitative estimate of drug-likeness (QED) is 0.444. The summed E-state index contributed by atoms with van der Waals surface area (Å²) in [6, 6.07) is 14.7. The minimum Gasteiger partial charge on any atom is -0.493 e. The maximum atomic E-state index is 12.6. The minimum atomic E-state index is -0.168. The number of hydrogen-bond acceptors (Lipinski definition) is 5. The molecule has 0 aliphatic rings. The number of rotatable bonds is 8. The Hall–Kier alpha value is -3.38. The smallest absolute Gasteiger partial charge is 0.246 e. The second-order valence-electron chi connectivity index (χ2n) is 6.76. The van der Waals surface area contributed by atoms with Crippen LogP contribution in [-0.4, -0.2) is 39.2 Å². The van der Waals surface area contributed by atoms with Crippen LogP contribution < -0.4 is 14.2 Å². The van der Waals surface area contributed by atoms with Crippen LogP contribution in [-0.2, 0) is 11.3 Å². The molecule has 0 aliphatic heterocycles. The molecule has 3 aromatic rings. The van der Waals surface area contributed by atoms with Gasteiger partial charge in [-0.3, -0.25) is 4.79 Å². The molecule has 0 aliphatic carbocycles. The lowest BCUT2D eigenvalue weighted by Crippen LogP contribution is -2.23. The van der Waals surface area contributed by atoms with E-state index in [1.807, 2.05) is 36.4 Å². The summed E-state index contributed by atoms with van der Waals surface area (Å²) in [6.07, 6.45) is 3.19. The lowest BCUT2D eigenvalue weighted by molar-refractivity contribution is -0.125. The van der Waals surface area contributed by atoms with E-state index in [-0.39, 0.29) is 5.91 Å². The van der Waals surface area contributed by atoms with Crippen LogP contribution in [0.3, 0.4) is 0 Å². The van der Waals surface area contributed by atoms with Crippen LogP contribution in [0.25, 0.3) is 17.4 Å². The Bertz CT molecular complexity index is 1050. The highest BCUT2D eigenvalue weighted by Crippen LogP contribution is 2.38. The van der Waals surface area contributed by atoms with E-state index in [0.717, 1.165) is 16.9 Å². The second kappa shape index (κ2) is 10.1. The number of carbonyl (C=O) groups excluding carboxylic acids is 1. The molecule has 0 fully saturated rings. The highest BCUT2D eigenvalue weighted by molar-refractivity contribution is 6.30. The van der Waals surface area contributed by atoms with Crippen LogP contribution in [0.5, 0.6) is 17.2 Å². The third-order valence-corrected chi connectivity index (χ3v) is 4.92. The maximum absolute atomic E-state index is 12.6. The molecule has 1 amide bonds. The van der Waals surface area contributed by atoms with Crippen molar-refractivity contribution >= 4 is 23.6 Å². The molecular formula is C24H24ClNO5. The molecule has 0 atom stereocenters. The van der Waals surface area contributed by atoms with Gasteiger partial charge in [0.05, 0.1) is 27.9 Å². The summed E-state index contributed by atoms with van der Waals surface area (Å²) < 4.78 is 21.9. The van der Waals surface area contributed by atoms with E-state index in [1.54, 1.807) is 51.5 Å². The maximum Gasteiger partial charge on any atom is 0.246 e. The van der Waals surface area contributed by atoms with Crippen LogP contribution in [0.4, 0.5) is 0 Å². The number of benzene rings is 2. The van der Waals surface area contributed by atoms with E-state index in [2.05, 4.69) is 0 Å². The average Bonchev–Trinajstić information content (AvgIpc) is 3.25. The van der Waals surface area contributed by atoms with Gasteiger partial charge in [0.1, 0.15) is 11.5 Å². The standard InChI is InChI=1S/C24H24ClNO5/c1-26(15-19-10-11-20(31-19)17-6-8-18(25)9-7-17)23(27)12-5-16-13-21(28-2)24(30-4)22(14-16)29-3/h5-14H,15H2,1-4H3/b12-5+. The molecule has 162 valence electrons. The number of ether oxygens (including phenoxy) is 3. The zero-order chi connectivity index (χ0) is 22.4. The summed E-state index contributed by atoms with van der Waals surface area (Å²) in [6.45, 7) is 0.339. The summed E-state index contributed by atoms with van der Waals surface area (Å²) in [4.78, 5) is 14.1. The van der Waals surface area contributed by atoms with Crippen LogP contribution in [0, 0.1) is 0 Å². The van der Waals surface area contributed by atoms with Crippen molar-refractivity contribution in [3.05, 3.63) is 71.0 Å². The van der Waals surface area contributed by atoms with Gasteiger partial charge in [0.15, 0.2) is 11.5 Å². The third-order valence-electron chi connectivity index (χ3n) is 4.67. The molecule has 6 nitrogen and oxygen atoms in total. The number of carbonyl (C=O) groups is 1. The summed E-state index contributed by atoms with van der Waals surface area (Å²) >= 11 is 5.93. The van der Waals surface area contributed by atoms with Crippen LogP contribution in [0.1, 0.15) is 11.3 Å². The Kier molecular flexibility index (Phi) is 7.26. The Labute approximate surface area is 186 Å². The fourth-order valence-electron chi connectivity index (χ4n) is 3.04. The molecule has 2 aromatic carbocycles. The SMILES string of the molecule is COc1cc(/C=C/C(=O)N(C)Cc2ccc(-c3ccc(Cl)cc3)o2)cc(OC)c1OC. The largest absolute Gasteiger partial charge is 0.493 e. The minimum absolute atomic E-state index is 0.168. The first-order chi connectivity index (χ1) is 14.9. The number of amides is 1. The molecule has 0 saturated heterocycles.